The number of rotatable bonds is 2. The molecule has 3 rings (SSSR count). The Morgan fingerprint density at radius 1 is 1.21 bits per heavy atom. The molecule has 0 aliphatic carbocycles. The Kier molecular flexibility index (Phi) is 2.59. The van der Waals surface area contributed by atoms with Crippen molar-refractivity contribution in [3.8, 4) is 22.9 Å². The van der Waals surface area contributed by atoms with Crippen molar-refractivity contribution in [2.45, 2.75) is 0 Å². The minimum Gasteiger partial charge on any atom is -0.508 e. The van der Waals surface area contributed by atoms with Gasteiger partial charge in [0.1, 0.15) is 23.1 Å². The molecule has 1 aromatic heterocycles. The molecule has 96 valence electrons. The standard InChI is InChI=1S/C14H11FN2O2/c1-19-13-7-9(18)3-4-10(13)14-16-11-5-2-8(15)6-12(11)17-14/h2-7,18H,1H3,(H,16,17). The van der Waals surface area contributed by atoms with Crippen LogP contribution in [0.25, 0.3) is 22.4 Å². The summed E-state index contributed by atoms with van der Waals surface area (Å²) in [7, 11) is 1.51. The van der Waals surface area contributed by atoms with Gasteiger partial charge in [-0.25, -0.2) is 9.37 Å². The lowest BCUT2D eigenvalue weighted by atomic mass is 10.2. The number of phenols is 1. The Bertz CT molecular complexity index is 752. The van der Waals surface area contributed by atoms with Gasteiger partial charge in [-0.2, -0.15) is 0 Å². The van der Waals surface area contributed by atoms with Gasteiger partial charge in [0, 0.05) is 12.1 Å². The molecule has 0 fully saturated rings. The van der Waals surface area contributed by atoms with Crippen molar-refractivity contribution >= 4 is 11.0 Å². The van der Waals surface area contributed by atoms with Crippen LogP contribution < -0.4 is 4.74 Å². The number of hydrogen-bond donors (Lipinski definition) is 2. The van der Waals surface area contributed by atoms with Crippen molar-refractivity contribution in [2.75, 3.05) is 7.11 Å². The van der Waals surface area contributed by atoms with Crippen LogP contribution in [0.15, 0.2) is 36.4 Å². The number of halogens is 1. The van der Waals surface area contributed by atoms with E-state index < -0.39 is 0 Å². The predicted octanol–water partition coefficient (Wildman–Crippen LogP) is 3.08. The van der Waals surface area contributed by atoms with Gasteiger partial charge >= 0.3 is 0 Å². The van der Waals surface area contributed by atoms with Gasteiger partial charge in [0.25, 0.3) is 0 Å². The number of hydrogen-bond acceptors (Lipinski definition) is 3. The first-order valence-electron chi connectivity index (χ1n) is 5.70. The molecule has 0 saturated heterocycles. The third-order valence-electron chi connectivity index (χ3n) is 2.89. The van der Waals surface area contributed by atoms with Gasteiger partial charge in [-0.3, -0.25) is 0 Å². The number of benzene rings is 2. The number of ether oxygens (including phenoxy) is 1. The molecular formula is C14H11FN2O2. The highest BCUT2D eigenvalue weighted by Crippen LogP contribution is 2.32. The van der Waals surface area contributed by atoms with Crippen LogP contribution in [0.3, 0.4) is 0 Å². The molecule has 2 N–H and O–H groups in total. The minimum absolute atomic E-state index is 0.114. The van der Waals surface area contributed by atoms with Gasteiger partial charge < -0.3 is 14.8 Å². The number of imidazole rings is 1. The number of methoxy groups -OCH3 is 1. The molecule has 2 aromatic carbocycles. The topological polar surface area (TPSA) is 58.1 Å². The smallest absolute Gasteiger partial charge is 0.142 e. The predicted molar refractivity (Wildman–Crippen MR) is 69.7 cm³/mol. The quantitative estimate of drug-likeness (QED) is 0.742. The normalized spacial score (nSPS) is 10.8. The Labute approximate surface area is 108 Å². The number of nitrogens with zero attached hydrogens (tertiary/aromatic N) is 1. The highest BCUT2D eigenvalue weighted by Gasteiger charge is 2.11. The molecule has 19 heavy (non-hydrogen) atoms. The van der Waals surface area contributed by atoms with E-state index in [0.717, 1.165) is 5.52 Å². The van der Waals surface area contributed by atoms with Crippen LogP contribution in [0, 0.1) is 5.82 Å². The van der Waals surface area contributed by atoms with E-state index in [9.17, 15) is 9.50 Å². The van der Waals surface area contributed by atoms with Crippen molar-refractivity contribution in [1.29, 1.82) is 0 Å². The Morgan fingerprint density at radius 3 is 2.84 bits per heavy atom. The molecule has 0 unspecified atom stereocenters. The number of aromatic amines is 1. The second-order valence-corrected chi connectivity index (χ2v) is 4.13. The maximum atomic E-state index is 13.1. The zero-order valence-corrected chi connectivity index (χ0v) is 10.1. The molecule has 0 aliphatic rings. The summed E-state index contributed by atoms with van der Waals surface area (Å²) in [4.78, 5) is 7.42. The maximum Gasteiger partial charge on any atom is 0.142 e. The second-order valence-electron chi connectivity index (χ2n) is 4.13. The summed E-state index contributed by atoms with van der Waals surface area (Å²) in [5, 5.41) is 9.43. The number of aromatic nitrogens is 2. The van der Waals surface area contributed by atoms with Crippen LogP contribution >= 0.6 is 0 Å². The van der Waals surface area contributed by atoms with E-state index in [2.05, 4.69) is 9.97 Å². The first-order chi connectivity index (χ1) is 9.17. The van der Waals surface area contributed by atoms with Crippen molar-refractivity contribution in [2.24, 2.45) is 0 Å². The lowest BCUT2D eigenvalue weighted by molar-refractivity contribution is 0.409. The molecule has 0 saturated carbocycles. The molecule has 0 amide bonds. The molecule has 5 heteroatoms. The monoisotopic (exact) mass is 258 g/mol. The zero-order valence-electron chi connectivity index (χ0n) is 10.1. The van der Waals surface area contributed by atoms with Gasteiger partial charge in [0.05, 0.1) is 23.7 Å². The molecule has 0 aliphatic heterocycles. The van der Waals surface area contributed by atoms with Gasteiger partial charge in [-0.15, -0.1) is 0 Å². The molecular weight excluding hydrogens is 247 g/mol. The van der Waals surface area contributed by atoms with Gasteiger partial charge in [-0.1, -0.05) is 0 Å². The largest absolute Gasteiger partial charge is 0.508 e. The Balaban J connectivity index is 2.18. The van der Waals surface area contributed by atoms with Crippen LogP contribution in [0.2, 0.25) is 0 Å². The fourth-order valence-corrected chi connectivity index (χ4v) is 1.98. The van der Waals surface area contributed by atoms with E-state index in [1.54, 1.807) is 18.2 Å². The van der Waals surface area contributed by atoms with Crippen LogP contribution in [-0.4, -0.2) is 22.2 Å². The van der Waals surface area contributed by atoms with Gasteiger partial charge in [0.15, 0.2) is 0 Å². The maximum absolute atomic E-state index is 13.1. The summed E-state index contributed by atoms with van der Waals surface area (Å²) < 4.78 is 18.3. The summed E-state index contributed by atoms with van der Waals surface area (Å²) in [5.74, 6) is 0.850. The van der Waals surface area contributed by atoms with Gasteiger partial charge in [-0.05, 0) is 24.3 Å². The number of fused-ring (bicyclic) bond motifs is 1. The van der Waals surface area contributed by atoms with E-state index in [1.807, 2.05) is 0 Å². The van der Waals surface area contributed by atoms with E-state index in [0.29, 0.717) is 22.7 Å². The number of H-pyrrole nitrogens is 1. The molecule has 3 aromatic rings. The second kappa shape index (κ2) is 4.28. The summed E-state index contributed by atoms with van der Waals surface area (Å²) in [5.41, 5.74) is 1.99. The van der Waals surface area contributed by atoms with E-state index in [4.69, 9.17) is 4.74 Å². The highest BCUT2D eigenvalue weighted by atomic mass is 19.1. The fraction of sp³-hybridized carbons (Fsp3) is 0.0714. The molecule has 4 nitrogen and oxygen atoms in total. The number of aromatic hydroxyl groups is 1. The summed E-state index contributed by atoms with van der Waals surface area (Å²) in [6.07, 6.45) is 0. The SMILES string of the molecule is COc1cc(O)ccc1-c1nc2cc(F)ccc2[nH]1. The number of nitrogens with one attached hydrogen (secondary N) is 1. The van der Waals surface area contributed by atoms with Crippen LogP contribution in [0.4, 0.5) is 4.39 Å². The highest BCUT2D eigenvalue weighted by molar-refractivity contribution is 5.80. The fourth-order valence-electron chi connectivity index (χ4n) is 1.98. The third-order valence-corrected chi connectivity index (χ3v) is 2.89. The summed E-state index contributed by atoms with van der Waals surface area (Å²) >= 11 is 0. The van der Waals surface area contributed by atoms with E-state index in [1.165, 1.54) is 25.3 Å². The van der Waals surface area contributed by atoms with Crippen LogP contribution in [0.1, 0.15) is 0 Å². The Morgan fingerprint density at radius 2 is 2.05 bits per heavy atom. The lowest BCUT2D eigenvalue weighted by Crippen LogP contribution is -1.88. The first kappa shape index (κ1) is 11.5. The Hall–Kier alpha value is -2.56. The van der Waals surface area contributed by atoms with E-state index >= 15 is 0 Å². The van der Waals surface area contributed by atoms with E-state index in [-0.39, 0.29) is 11.6 Å². The minimum atomic E-state index is -0.330. The molecule has 0 spiro atoms. The van der Waals surface area contributed by atoms with Gasteiger partial charge in [0.2, 0.25) is 0 Å². The average Bonchev–Trinajstić information content (AvgIpc) is 2.81. The molecule has 0 atom stereocenters. The van der Waals surface area contributed by atoms with Crippen molar-refractivity contribution in [1.82, 2.24) is 9.97 Å². The summed E-state index contributed by atoms with van der Waals surface area (Å²) in [6, 6.07) is 9.12. The van der Waals surface area contributed by atoms with Crippen LogP contribution in [-0.2, 0) is 0 Å². The molecule has 0 radical (unpaired) electrons. The van der Waals surface area contributed by atoms with Crippen LogP contribution in [0.5, 0.6) is 11.5 Å². The summed E-state index contributed by atoms with van der Waals surface area (Å²) in [6.45, 7) is 0. The first-order valence-corrected chi connectivity index (χ1v) is 5.70. The lowest BCUT2D eigenvalue weighted by Gasteiger charge is -2.06. The third kappa shape index (κ3) is 1.99. The molecule has 1 heterocycles. The zero-order chi connectivity index (χ0) is 13.4. The van der Waals surface area contributed by atoms with Crippen molar-refractivity contribution < 1.29 is 14.2 Å². The molecule has 0 bridgehead atoms. The number of phenolic OH excluding ortho intramolecular Hbond substituents is 1. The van der Waals surface area contributed by atoms with Crippen molar-refractivity contribution in [3.05, 3.63) is 42.2 Å². The van der Waals surface area contributed by atoms with Crippen molar-refractivity contribution in [3.63, 3.8) is 0 Å². The average molecular weight is 258 g/mol.